The largest absolute Gasteiger partial charge is 0.480 e. The van der Waals surface area contributed by atoms with Crippen LogP contribution in [0.1, 0.15) is 39.5 Å². The zero-order valence-corrected chi connectivity index (χ0v) is 11.7. The molecule has 1 heterocycles. The highest BCUT2D eigenvalue weighted by Crippen LogP contribution is 2.21. The number of carboxylic acid groups (broad SMARTS) is 1. The zero-order chi connectivity index (χ0) is 14.4. The van der Waals surface area contributed by atoms with E-state index in [2.05, 4.69) is 0 Å². The summed E-state index contributed by atoms with van der Waals surface area (Å²) in [5.41, 5.74) is 0. The summed E-state index contributed by atoms with van der Waals surface area (Å²) in [4.78, 5) is 26.7. The maximum absolute atomic E-state index is 12.5. The summed E-state index contributed by atoms with van der Waals surface area (Å²) < 4.78 is 0. The summed E-state index contributed by atoms with van der Waals surface area (Å²) in [7, 11) is 0. The maximum atomic E-state index is 12.5. The predicted molar refractivity (Wildman–Crippen MR) is 70.9 cm³/mol. The second kappa shape index (κ2) is 7.33. The number of likely N-dealkylation sites (tertiary alicyclic amines) is 1. The molecule has 1 saturated heterocycles. The molecule has 0 spiro atoms. The van der Waals surface area contributed by atoms with Crippen LogP contribution in [0.3, 0.4) is 0 Å². The maximum Gasteiger partial charge on any atom is 0.326 e. The Labute approximate surface area is 114 Å². The predicted octanol–water partition coefficient (Wildman–Crippen LogP) is 1.14. The summed E-state index contributed by atoms with van der Waals surface area (Å²) >= 11 is 0. The van der Waals surface area contributed by atoms with Crippen LogP contribution in [0.5, 0.6) is 0 Å². The van der Waals surface area contributed by atoms with Crippen LogP contribution in [0.4, 0.5) is 4.79 Å². The van der Waals surface area contributed by atoms with Crippen molar-refractivity contribution in [2.24, 2.45) is 0 Å². The van der Waals surface area contributed by atoms with Gasteiger partial charge in [-0.2, -0.15) is 0 Å². The molecular formula is C13H24N2O4. The minimum Gasteiger partial charge on any atom is -0.480 e. The Morgan fingerprint density at radius 1 is 1.37 bits per heavy atom. The number of amides is 2. The molecule has 1 rings (SSSR count). The van der Waals surface area contributed by atoms with Crippen LogP contribution in [0.25, 0.3) is 0 Å². The van der Waals surface area contributed by atoms with Crippen molar-refractivity contribution in [1.82, 2.24) is 9.80 Å². The number of hydrogen-bond acceptors (Lipinski definition) is 3. The molecule has 110 valence electrons. The van der Waals surface area contributed by atoms with Crippen LogP contribution in [-0.2, 0) is 4.79 Å². The number of aliphatic hydroxyl groups excluding tert-OH is 1. The first-order valence-electron chi connectivity index (χ1n) is 6.97. The van der Waals surface area contributed by atoms with E-state index >= 15 is 0 Å². The number of carbonyl (C=O) groups excluding carboxylic acids is 1. The number of hydrogen-bond donors (Lipinski definition) is 2. The molecule has 0 aromatic rings. The van der Waals surface area contributed by atoms with Gasteiger partial charge in [0, 0.05) is 19.1 Å². The standard InChI is InChI=1S/C13H24N2O4/c1-3-10(4-2)14(8-9-16)13(19)15-7-5-6-11(15)12(17)18/h10-11,16H,3-9H2,1-2H3,(H,17,18)/t11-/m0/s1. The van der Waals surface area contributed by atoms with Crippen LogP contribution < -0.4 is 0 Å². The highest BCUT2D eigenvalue weighted by molar-refractivity contribution is 5.83. The molecule has 6 nitrogen and oxygen atoms in total. The van der Waals surface area contributed by atoms with Gasteiger partial charge in [0.1, 0.15) is 6.04 Å². The number of rotatable bonds is 6. The van der Waals surface area contributed by atoms with Crippen molar-refractivity contribution in [2.75, 3.05) is 19.7 Å². The van der Waals surface area contributed by atoms with Gasteiger partial charge in [-0.15, -0.1) is 0 Å². The second-order valence-electron chi connectivity index (χ2n) is 4.86. The normalized spacial score (nSPS) is 18.9. The fourth-order valence-electron chi connectivity index (χ4n) is 2.69. The summed E-state index contributed by atoms with van der Waals surface area (Å²) in [5, 5.41) is 18.3. The first kappa shape index (κ1) is 15.8. The lowest BCUT2D eigenvalue weighted by molar-refractivity contribution is -0.141. The molecule has 0 saturated carbocycles. The number of urea groups is 1. The van der Waals surface area contributed by atoms with Gasteiger partial charge in [-0.1, -0.05) is 13.8 Å². The number of aliphatic hydroxyl groups is 1. The average molecular weight is 272 g/mol. The summed E-state index contributed by atoms with van der Waals surface area (Å²) in [6.45, 7) is 4.62. The molecule has 19 heavy (non-hydrogen) atoms. The molecule has 0 bridgehead atoms. The molecule has 0 aromatic heterocycles. The SMILES string of the molecule is CCC(CC)N(CCO)C(=O)N1CCC[C@H]1C(=O)O. The van der Waals surface area contributed by atoms with E-state index in [-0.39, 0.29) is 25.2 Å². The van der Waals surface area contributed by atoms with E-state index < -0.39 is 12.0 Å². The number of carboxylic acids is 1. The van der Waals surface area contributed by atoms with Gasteiger partial charge in [0.15, 0.2) is 0 Å². The van der Waals surface area contributed by atoms with Crippen molar-refractivity contribution < 1.29 is 19.8 Å². The van der Waals surface area contributed by atoms with Gasteiger partial charge in [0.2, 0.25) is 0 Å². The molecule has 1 aliphatic heterocycles. The van der Waals surface area contributed by atoms with Crippen molar-refractivity contribution in [3.05, 3.63) is 0 Å². The Bertz CT molecular complexity index is 318. The molecule has 1 atom stereocenters. The van der Waals surface area contributed by atoms with Gasteiger partial charge >= 0.3 is 12.0 Å². The first-order chi connectivity index (χ1) is 9.06. The third-order valence-corrected chi connectivity index (χ3v) is 3.75. The molecule has 6 heteroatoms. The van der Waals surface area contributed by atoms with E-state index in [0.29, 0.717) is 13.0 Å². The molecule has 0 unspecified atom stereocenters. The van der Waals surface area contributed by atoms with Gasteiger partial charge in [-0.05, 0) is 25.7 Å². The van der Waals surface area contributed by atoms with Crippen LogP contribution in [-0.4, -0.2) is 63.8 Å². The van der Waals surface area contributed by atoms with E-state index in [1.54, 1.807) is 4.90 Å². The third kappa shape index (κ3) is 3.59. The third-order valence-electron chi connectivity index (χ3n) is 3.75. The number of carbonyl (C=O) groups is 2. The summed E-state index contributed by atoms with van der Waals surface area (Å²) in [6.07, 6.45) is 2.83. The Hall–Kier alpha value is -1.30. The Balaban J connectivity index is 2.83. The fraction of sp³-hybridized carbons (Fsp3) is 0.846. The van der Waals surface area contributed by atoms with E-state index in [1.165, 1.54) is 4.90 Å². The topological polar surface area (TPSA) is 81.1 Å². The smallest absolute Gasteiger partial charge is 0.326 e. The Kier molecular flexibility index (Phi) is 6.08. The van der Waals surface area contributed by atoms with E-state index in [9.17, 15) is 9.59 Å². The lowest BCUT2D eigenvalue weighted by Crippen LogP contribution is -2.52. The molecule has 1 aliphatic rings. The molecule has 0 radical (unpaired) electrons. The van der Waals surface area contributed by atoms with E-state index in [4.69, 9.17) is 10.2 Å². The summed E-state index contributed by atoms with van der Waals surface area (Å²) in [6, 6.07) is -0.926. The molecule has 1 fully saturated rings. The minimum atomic E-state index is -0.945. The van der Waals surface area contributed by atoms with E-state index in [0.717, 1.165) is 19.3 Å². The van der Waals surface area contributed by atoms with Gasteiger partial charge in [0.25, 0.3) is 0 Å². The minimum absolute atomic E-state index is 0.0506. The van der Waals surface area contributed by atoms with Crippen LogP contribution in [0.15, 0.2) is 0 Å². The van der Waals surface area contributed by atoms with Crippen molar-refractivity contribution in [3.63, 3.8) is 0 Å². The van der Waals surface area contributed by atoms with Crippen LogP contribution in [0.2, 0.25) is 0 Å². The van der Waals surface area contributed by atoms with Crippen molar-refractivity contribution in [3.8, 4) is 0 Å². The average Bonchev–Trinajstić information content (AvgIpc) is 2.87. The first-order valence-corrected chi connectivity index (χ1v) is 6.97. The Morgan fingerprint density at radius 2 is 2.00 bits per heavy atom. The number of aliphatic carboxylic acids is 1. The second-order valence-corrected chi connectivity index (χ2v) is 4.86. The van der Waals surface area contributed by atoms with Gasteiger partial charge in [-0.25, -0.2) is 9.59 Å². The van der Waals surface area contributed by atoms with Gasteiger partial charge in [0.05, 0.1) is 6.61 Å². The van der Waals surface area contributed by atoms with Crippen LogP contribution in [0, 0.1) is 0 Å². The van der Waals surface area contributed by atoms with Crippen LogP contribution >= 0.6 is 0 Å². The summed E-state index contributed by atoms with van der Waals surface area (Å²) in [5.74, 6) is -0.945. The van der Waals surface area contributed by atoms with Gasteiger partial charge in [-0.3, -0.25) is 0 Å². The van der Waals surface area contributed by atoms with E-state index in [1.807, 2.05) is 13.8 Å². The molecule has 2 amide bonds. The molecular weight excluding hydrogens is 248 g/mol. The van der Waals surface area contributed by atoms with Gasteiger partial charge < -0.3 is 20.0 Å². The molecule has 0 aliphatic carbocycles. The van der Waals surface area contributed by atoms with Crippen molar-refractivity contribution >= 4 is 12.0 Å². The Morgan fingerprint density at radius 3 is 2.47 bits per heavy atom. The lowest BCUT2D eigenvalue weighted by atomic mass is 10.1. The lowest BCUT2D eigenvalue weighted by Gasteiger charge is -2.35. The number of nitrogens with zero attached hydrogens (tertiary/aromatic N) is 2. The fourth-order valence-corrected chi connectivity index (χ4v) is 2.69. The molecule has 2 N–H and O–H groups in total. The quantitative estimate of drug-likeness (QED) is 0.759. The molecule has 0 aromatic carbocycles. The zero-order valence-electron chi connectivity index (χ0n) is 11.7. The van der Waals surface area contributed by atoms with Crippen molar-refractivity contribution in [2.45, 2.75) is 51.6 Å². The van der Waals surface area contributed by atoms with Crippen molar-refractivity contribution in [1.29, 1.82) is 0 Å². The highest BCUT2D eigenvalue weighted by atomic mass is 16.4. The highest BCUT2D eigenvalue weighted by Gasteiger charge is 2.37. The monoisotopic (exact) mass is 272 g/mol.